The van der Waals surface area contributed by atoms with Gasteiger partial charge >= 0.3 is 0 Å². The minimum Gasteiger partial charge on any atom is -0.353 e. The number of sulfonamides is 1. The van der Waals surface area contributed by atoms with Gasteiger partial charge in [-0.2, -0.15) is 4.31 Å². The van der Waals surface area contributed by atoms with Gasteiger partial charge in [0.1, 0.15) is 6.33 Å². The summed E-state index contributed by atoms with van der Waals surface area (Å²) in [7, 11) is -3.57. The molecule has 4 rings (SSSR count). The third-order valence-electron chi connectivity index (χ3n) is 4.84. The molecule has 9 nitrogen and oxygen atoms in total. The zero-order valence-electron chi connectivity index (χ0n) is 14.2. The van der Waals surface area contributed by atoms with Gasteiger partial charge in [0.15, 0.2) is 0 Å². The Morgan fingerprint density at radius 2 is 1.77 bits per heavy atom. The van der Waals surface area contributed by atoms with Crippen LogP contribution in [0.25, 0.3) is 5.69 Å². The first-order chi connectivity index (χ1) is 12.5. The SMILES string of the molecule is O=C(NC1CC1)C1CCN(S(=O)(=O)c2ccc(-n3cnnn3)cc2)CC1. The van der Waals surface area contributed by atoms with E-state index in [1.165, 1.54) is 15.3 Å². The van der Waals surface area contributed by atoms with Gasteiger partial charge in [0.05, 0.1) is 10.6 Å². The fourth-order valence-electron chi connectivity index (χ4n) is 3.10. The molecule has 0 atom stereocenters. The number of carbonyl (C=O) groups excluding carboxylic acids is 1. The van der Waals surface area contributed by atoms with Crippen molar-refractivity contribution in [3.63, 3.8) is 0 Å². The molecule has 0 spiro atoms. The van der Waals surface area contributed by atoms with E-state index in [2.05, 4.69) is 20.8 Å². The molecule has 1 aromatic heterocycles. The van der Waals surface area contributed by atoms with Crippen LogP contribution in [0.4, 0.5) is 0 Å². The highest BCUT2D eigenvalue weighted by molar-refractivity contribution is 7.89. The van der Waals surface area contributed by atoms with Crippen LogP contribution in [0.3, 0.4) is 0 Å². The monoisotopic (exact) mass is 376 g/mol. The summed E-state index contributed by atoms with van der Waals surface area (Å²) in [6, 6.07) is 6.78. The Kier molecular flexibility index (Phi) is 4.45. The Balaban J connectivity index is 1.41. The van der Waals surface area contributed by atoms with E-state index in [-0.39, 0.29) is 16.7 Å². The number of nitrogens with one attached hydrogen (secondary N) is 1. The van der Waals surface area contributed by atoms with Gasteiger partial charge in [-0.3, -0.25) is 4.79 Å². The molecule has 0 bridgehead atoms. The first-order valence-corrected chi connectivity index (χ1v) is 10.1. The third kappa shape index (κ3) is 3.47. The summed E-state index contributed by atoms with van der Waals surface area (Å²) in [5, 5.41) is 13.9. The van der Waals surface area contributed by atoms with E-state index < -0.39 is 10.0 Å². The maximum atomic E-state index is 12.8. The van der Waals surface area contributed by atoms with Crippen molar-refractivity contribution in [2.24, 2.45) is 5.92 Å². The van der Waals surface area contributed by atoms with Crippen molar-refractivity contribution in [2.75, 3.05) is 13.1 Å². The predicted molar refractivity (Wildman–Crippen MR) is 91.8 cm³/mol. The molecule has 0 radical (unpaired) electrons. The molecular weight excluding hydrogens is 356 g/mol. The van der Waals surface area contributed by atoms with Crippen molar-refractivity contribution in [1.29, 1.82) is 0 Å². The van der Waals surface area contributed by atoms with Gasteiger partial charge in [-0.1, -0.05) is 0 Å². The standard InChI is InChI=1S/C16H20N6O3S/c23-16(18-13-1-2-13)12-7-9-21(10-8-12)26(24,25)15-5-3-14(4-6-15)22-11-17-19-20-22/h3-6,11-13H,1-2,7-10H2,(H,18,23). The molecule has 1 aliphatic heterocycles. The van der Waals surface area contributed by atoms with Gasteiger partial charge < -0.3 is 5.32 Å². The number of aromatic nitrogens is 4. The number of tetrazole rings is 1. The lowest BCUT2D eigenvalue weighted by molar-refractivity contribution is -0.126. The highest BCUT2D eigenvalue weighted by Crippen LogP contribution is 2.26. The molecule has 0 unspecified atom stereocenters. The summed E-state index contributed by atoms with van der Waals surface area (Å²) < 4.78 is 28.6. The van der Waals surface area contributed by atoms with Gasteiger partial charge in [-0.15, -0.1) is 5.10 Å². The number of amides is 1. The lowest BCUT2D eigenvalue weighted by Crippen LogP contribution is -2.43. The third-order valence-corrected chi connectivity index (χ3v) is 6.75. The topological polar surface area (TPSA) is 110 Å². The molecule has 1 amide bonds. The smallest absolute Gasteiger partial charge is 0.243 e. The normalized spacial score (nSPS) is 19.4. The molecule has 2 aromatic rings. The van der Waals surface area contributed by atoms with Crippen LogP contribution < -0.4 is 5.32 Å². The lowest BCUT2D eigenvalue weighted by Gasteiger charge is -2.30. The summed E-state index contributed by atoms with van der Waals surface area (Å²) >= 11 is 0. The van der Waals surface area contributed by atoms with E-state index in [0.717, 1.165) is 12.8 Å². The second kappa shape index (κ2) is 6.76. The summed E-state index contributed by atoms with van der Waals surface area (Å²) in [4.78, 5) is 12.4. The molecule has 10 heteroatoms. The van der Waals surface area contributed by atoms with Crippen LogP contribution in [0.15, 0.2) is 35.5 Å². The van der Waals surface area contributed by atoms with E-state index in [1.54, 1.807) is 24.3 Å². The van der Waals surface area contributed by atoms with Crippen LogP contribution in [0, 0.1) is 5.92 Å². The van der Waals surface area contributed by atoms with Crippen LogP contribution in [-0.2, 0) is 14.8 Å². The van der Waals surface area contributed by atoms with Crippen molar-refractivity contribution in [1.82, 2.24) is 29.8 Å². The number of hydrogen-bond donors (Lipinski definition) is 1. The molecule has 2 heterocycles. The predicted octanol–water partition coefficient (Wildman–Crippen LogP) is 0.342. The number of nitrogens with zero attached hydrogens (tertiary/aromatic N) is 5. The molecule has 26 heavy (non-hydrogen) atoms. The Bertz CT molecular complexity index is 869. The van der Waals surface area contributed by atoms with E-state index in [0.29, 0.717) is 37.7 Å². The summed E-state index contributed by atoms with van der Waals surface area (Å²) in [6.07, 6.45) is 4.67. The van der Waals surface area contributed by atoms with E-state index in [1.807, 2.05) is 0 Å². The number of piperidine rings is 1. The van der Waals surface area contributed by atoms with Crippen molar-refractivity contribution in [3.05, 3.63) is 30.6 Å². The Hall–Kier alpha value is -2.33. The molecule has 2 aliphatic rings. The van der Waals surface area contributed by atoms with Crippen molar-refractivity contribution < 1.29 is 13.2 Å². The minimum absolute atomic E-state index is 0.0651. The van der Waals surface area contributed by atoms with Crippen LogP contribution >= 0.6 is 0 Å². The van der Waals surface area contributed by atoms with Gasteiger partial charge in [0, 0.05) is 25.0 Å². The average molecular weight is 376 g/mol. The highest BCUT2D eigenvalue weighted by atomic mass is 32.2. The molecule has 1 saturated carbocycles. The van der Waals surface area contributed by atoms with Crippen LogP contribution in [-0.4, -0.2) is 58.0 Å². The molecule has 1 aliphatic carbocycles. The molecule has 1 aromatic carbocycles. The van der Waals surface area contributed by atoms with Crippen LogP contribution in [0.2, 0.25) is 0 Å². The molecule has 2 fully saturated rings. The number of carbonyl (C=O) groups is 1. The van der Waals surface area contributed by atoms with Crippen molar-refractivity contribution >= 4 is 15.9 Å². The maximum Gasteiger partial charge on any atom is 0.243 e. The van der Waals surface area contributed by atoms with Gasteiger partial charge in [-0.25, -0.2) is 13.1 Å². The molecular formula is C16H20N6O3S. The quantitative estimate of drug-likeness (QED) is 0.806. The lowest BCUT2D eigenvalue weighted by atomic mass is 9.97. The van der Waals surface area contributed by atoms with E-state index in [9.17, 15) is 13.2 Å². The fourth-order valence-corrected chi connectivity index (χ4v) is 4.57. The minimum atomic E-state index is -3.57. The molecule has 1 N–H and O–H groups in total. The summed E-state index contributed by atoms with van der Waals surface area (Å²) in [5.74, 6) is -0.0282. The fraction of sp³-hybridized carbons (Fsp3) is 0.500. The van der Waals surface area contributed by atoms with Crippen LogP contribution in [0.5, 0.6) is 0 Å². The Morgan fingerprint density at radius 3 is 2.35 bits per heavy atom. The largest absolute Gasteiger partial charge is 0.353 e. The van der Waals surface area contributed by atoms with E-state index >= 15 is 0 Å². The first-order valence-electron chi connectivity index (χ1n) is 8.68. The average Bonchev–Trinajstić information content (AvgIpc) is 3.31. The van der Waals surface area contributed by atoms with Crippen LogP contribution in [0.1, 0.15) is 25.7 Å². The second-order valence-corrected chi connectivity index (χ2v) is 8.65. The second-order valence-electron chi connectivity index (χ2n) is 6.71. The van der Waals surface area contributed by atoms with E-state index in [4.69, 9.17) is 0 Å². The Labute approximate surface area is 151 Å². The summed E-state index contributed by atoms with van der Waals surface area (Å²) in [6.45, 7) is 0.722. The van der Waals surface area contributed by atoms with Gasteiger partial charge in [0.2, 0.25) is 15.9 Å². The van der Waals surface area contributed by atoms with Gasteiger partial charge in [-0.05, 0) is 60.4 Å². The molecule has 138 valence electrons. The van der Waals surface area contributed by atoms with Gasteiger partial charge in [0.25, 0.3) is 0 Å². The maximum absolute atomic E-state index is 12.8. The van der Waals surface area contributed by atoms with Crippen molar-refractivity contribution in [3.8, 4) is 5.69 Å². The zero-order valence-corrected chi connectivity index (χ0v) is 15.0. The number of rotatable bonds is 5. The zero-order chi connectivity index (χ0) is 18.1. The van der Waals surface area contributed by atoms with Crippen molar-refractivity contribution in [2.45, 2.75) is 36.6 Å². The summed E-state index contributed by atoms with van der Waals surface area (Å²) in [5.41, 5.74) is 0.685. The first kappa shape index (κ1) is 17.1. The highest BCUT2D eigenvalue weighted by Gasteiger charge is 2.34. The molecule has 1 saturated heterocycles. The number of benzene rings is 1. The number of hydrogen-bond acceptors (Lipinski definition) is 6. The Morgan fingerprint density at radius 1 is 1.08 bits per heavy atom.